The first kappa shape index (κ1) is 9.17. The van der Waals surface area contributed by atoms with Gasteiger partial charge in [-0.2, -0.15) is 0 Å². The molecule has 3 N–H and O–H groups in total. The van der Waals surface area contributed by atoms with Crippen LogP contribution in [0.15, 0.2) is 0 Å². The van der Waals surface area contributed by atoms with Gasteiger partial charge in [-0.15, -0.1) is 12.4 Å². The Hall–Kier alpha value is 0.170. The first-order valence-corrected chi connectivity index (χ1v) is 2.81. The van der Waals surface area contributed by atoms with Crippen LogP contribution < -0.4 is 5.32 Å². The molecule has 0 saturated carbocycles. The van der Waals surface area contributed by atoms with E-state index in [0.29, 0.717) is 13.0 Å². The summed E-state index contributed by atoms with van der Waals surface area (Å²) in [6.07, 6.45) is 0.670. The second-order valence-corrected chi connectivity index (χ2v) is 2.31. The Labute approximate surface area is 60.5 Å². The molecule has 1 saturated heterocycles. The van der Waals surface area contributed by atoms with Crippen molar-refractivity contribution >= 4 is 12.4 Å². The van der Waals surface area contributed by atoms with Gasteiger partial charge < -0.3 is 15.5 Å². The summed E-state index contributed by atoms with van der Waals surface area (Å²) in [5, 5.41) is 20.7. The fourth-order valence-electron chi connectivity index (χ4n) is 0.865. The van der Waals surface area contributed by atoms with E-state index in [0.717, 1.165) is 6.54 Å². The van der Waals surface area contributed by atoms with E-state index < -0.39 is 5.60 Å². The zero-order chi connectivity index (χ0) is 6.04. The Morgan fingerprint density at radius 1 is 1.56 bits per heavy atom. The van der Waals surface area contributed by atoms with E-state index >= 15 is 0 Å². The standard InChI is InChI=1S/C5H11NO2.ClH/c7-4-5(8)1-2-6-3-5;/h6-8H,1-4H2;1H/t5-;/m0./s1. The number of aliphatic hydroxyl groups is 2. The summed E-state index contributed by atoms with van der Waals surface area (Å²) in [5.74, 6) is 0. The van der Waals surface area contributed by atoms with Crippen molar-refractivity contribution in [3.8, 4) is 0 Å². The highest BCUT2D eigenvalue weighted by Crippen LogP contribution is 2.11. The number of nitrogens with one attached hydrogen (secondary N) is 1. The summed E-state index contributed by atoms with van der Waals surface area (Å²) >= 11 is 0. The van der Waals surface area contributed by atoms with Gasteiger partial charge >= 0.3 is 0 Å². The molecule has 4 heteroatoms. The van der Waals surface area contributed by atoms with Crippen LogP contribution in [-0.2, 0) is 0 Å². The van der Waals surface area contributed by atoms with E-state index in [1.54, 1.807) is 0 Å². The quantitative estimate of drug-likeness (QED) is 0.459. The van der Waals surface area contributed by atoms with Crippen LogP contribution in [-0.4, -0.2) is 35.5 Å². The normalized spacial score (nSPS) is 34.0. The lowest BCUT2D eigenvalue weighted by Gasteiger charge is -2.16. The van der Waals surface area contributed by atoms with Crippen molar-refractivity contribution < 1.29 is 10.2 Å². The van der Waals surface area contributed by atoms with Crippen molar-refractivity contribution in [1.82, 2.24) is 5.32 Å². The van der Waals surface area contributed by atoms with E-state index in [2.05, 4.69) is 5.32 Å². The molecule has 1 aliphatic heterocycles. The highest BCUT2D eigenvalue weighted by atomic mass is 35.5. The van der Waals surface area contributed by atoms with Gasteiger partial charge in [0.2, 0.25) is 0 Å². The largest absolute Gasteiger partial charge is 0.393 e. The van der Waals surface area contributed by atoms with Gasteiger partial charge in [-0.3, -0.25) is 0 Å². The first-order valence-electron chi connectivity index (χ1n) is 2.81. The van der Waals surface area contributed by atoms with Crippen LogP contribution in [0.2, 0.25) is 0 Å². The third-order valence-corrected chi connectivity index (χ3v) is 1.52. The summed E-state index contributed by atoms with van der Waals surface area (Å²) in [4.78, 5) is 0. The van der Waals surface area contributed by atoms with Gasteiger partial charge in [0.15, 0.2) is 0 Å². The number of hydrogen-bond donors (Lipinski definition) is 3. The van der Waals surface area contributed by atoms with Crippen molar-refractivity contribution in [3.63, 3.8) is 0 Å². The molecule has 0 bridgehead atoms. The van der Waals surface area contributed by atoms with Gasteiger partial charge in [-0.05, 0) is 13.0 Å². The molecule has 56 valence electrons. The summed E-state index contributed by atoms with van der Waals surface area (Å²) in [5.41, 5.74) is -0.819. The van der Waals surface area contributed by atoms with Crippen molar-refractivity contribution in [2.45, 2.75) is 12.0 Å². The van der Waals surface area contributed by atoms with Crippen LogP contribution in [0.25, 0.3) is 0 Å². The molecule has 0 radical (unpaired) electrons. The summed E-state index contributed by atoms with van der Waals surface area (Å²) in [6, 6.07) is 0. The Bertz CT molecular complexity index is 83.0. The Morgan fingerprint density at radius 3 is 2.44 bits per heavy atom. The maximum atomic E-state index is 9.19. The van der Waals surface area contributed by atoms with Crippen LogP contribution in [0, 0.1) is 0 Å². The fraction of sp³-hybridized carbons (Fsp3) is 1.00. The molecular formula is C5H12ClNO2. The molecule has 0 aliphatic carbocycles. The molecular weight excluding hydrogens is 142 g/mol. The predicted octanol–water partition coefficient (Wildman–Crippen LogP) is -0.875. The lowest BCUT2D eigenvalue weighted by Crippen LogP contribution is -2.35. The molecule has 0 aromatic carbocycles. The van der Waals surface area contributed by atoms with Crippen LogP contribution in [0.4, 0.5) is 0 Å². The predicted molar refractivity (Wildman–Crippen MR) is 36.8 cm³/mol. The van der Waals surface area contributed by atoms with Gasteiger partial charge in [0, 0.05) is 6.54 Å². The van der Waals surface area contributed by atoms with Gasteiger partial charge in [-0.25, -0.2) is 0 Å². The lowest BCUT2D eigenvalue weighted by molar-refractivity contribution is 0.00330. The van der Waals surface area contributed by atoms with Crippen LogP contribution in [0.1, 0.15) is 6.42 Å². The molecule has 1 atom stereocenters. The van der Waals surface area contributed by atoms with Crippen molar-refractivity contribution in [3.05, 3.63) is 0 Å². The molecule has 3 nitrogen and oxygen atoms in total. The molecule has 0 aromatic rings. The number of β-amino-alcohol motifs (C(OH)–C–C–N with tert-alkyl or cyclic N) is 1. The maximum absolute atomic E-state index is 9.19. The van der Waals surface area contributed by atoms with Crippen molar-refractivity contribution in [2.75, 3.05) is 19.7 Å². The average Bonchev–Trinajstić information content (AvgIpc) is 2.17. The van der Waals surface area contributed by atoms with Gasteiger partial charge in [0.1, 0.15) is 5.60 Å². The zero-order valence-electron chi connectivity index (χ0n) is 5.13. The Balaban J connectivity index is 0.000000640. The minimum absolute atomic E-state index is 0. The minimum atomic E-state index is -0.819. The lowest BCUT2D eigenvalue weighted by atomic mass is 10.1. The molecule has 0 unspecified atom stereocenters. The highest BCUT2D eigenvalue weighted by molar-refractivity contribution is 5.85. The SMILES string of the molecule is Cl.OC[C@]1(O)CCNC1. The molecule has 1 fully saturated rings. The van der Waals surface area contributed by atoms with Crippen LogP contribution in [0.5, 0.6) is 0 Å². The van der Waals surface area contributed by atoms with Gasteiger partial charge in [-0.1, -0.05) is 0 Å². The van der Waals surface area contributed by atoms with E-state index in [1.807, 2.05) is 0 Å². The Morgan fingerprint density at radius 2 is 2.22 bits per heavy atom. The van der Waals surface area contributed by atoms with E-state index in [-0.39, 0.29) is 19.0 Å². The molecule has 0 amide bonds. The third-order valence-electron chi connectivity index (χ3n) is 1.52. The van der Waals surface area contributed by atoms with E-state index in [4.69, 9.17) is 5.11 Å². The summed E-state index contributed by atoms with van der Waals surface area (Å²) < 4.78 is 0. The fourth-order valence-corrected chi connectivity index (χ4v) is 0.865. The molecule has 0 spiro atoms. The average molecular weight is 154 g/mol. The molecule has 1 heterocycles. The second kappa shape index (κ2) is 3.37. The summed E-state index contributed by atoms with van der Waals surface area (Å²) in [7, 11) is 0. The topological polar surface area (TPSA) is 52.5 Å². The number of rotatable bonds is 1. The minimum Gasteiger partial charge on any atom is -0.393 e. The second-order valence-electron chi connectivity index (χ2n) is 2.31. The molecule has 9 heavy (non-hydrogen) atoms. The molecule has 1 aliphatic rings. The van der Waals surface area contributed by atoms with E-state index in [1.165, 1.54) is 0 Å². The number of aliphatic hydroxyl groups excluding tert-OH is 1. The monoisotopic (exact) mass is 153 g/mol. The third kappa shape index (κ3) is 2.10. The number of hydrogen-bond acceptors (Lipinski definition) is 3. The zero-order valence-corrected chi connectivity index (χ0v) is 5.95. The van der Waals surface area contributed by atoms with Crippen LogP contribution in [0.3, 0.4) is 0 Å². The first-order chi connectivity index (χ1) is 3.77. The van der Waals surface area contributed by atoms with Crippen LogP contribution >= 0.6 is 12.4 Å². The summed E-state index contributed by atoms with van der Waals surface area (Å²) in [6.45, 7) is 1.22. The molecule has 0 aromatic heterocycles. The maximum Gasteiger partial charge on any atom is 0.101 e. The van der Waals surface area contributed by atoms with Crippen molar-refractivity contribution in [2.24, 2.45) is 0 Å². The highest BCUT2D eigenvalue weighted by Gasteiger charge is 2.29. The van der Waals surface area contributed by atoms with E-state index in [9.17, 15) is 5.11 Å². The van der Waals surface area contributed by atoms with Gasteiger partial charge in [0.25, 0.3) is 0 Å². The smallest absolute Gasteiger partial charge is 0.101 e. The number of halogens is 1. The van der Waals surface area contributed by atoms with Gasteiger partial charge in [0.05, 0.1) is 6.61 Å². The van der Waals surface area contributed by atoms with Crippen molar-refractivity contribution in [1.29, 1.82) is 0 Å². The Kier molecular flexibility index (Phi) is 3.43. The molecule has 1 rings (SSSR count).